The molecule has 0 aromatic heterocycles. The van der Waals surface area contributed by atoms with Crippen LogP contribution in [0.15, 0.2) is 12.2 Å². The van der Waals surface area contributed by atoms with Crippen molar-refractivity contribution in [2.45, 2.75) is 77.5 Å². The predicted molar refractivity (Wildman–Crippen MR) is 99.8 cm³/mol. The maximum atomic E-state index is 12.6. The predicted octanol–water partition coefficient (Wildman–Crippen LogP) is 2.09. The van der Waals surface area contributed by atoms with Crippen LogP contribution in [-0.2, 0) is 19.3 Å². The molecule has 158 valence electrons. The highest BCUT2D eigenvalue weighted by Crippen LogP contribution is 2.28. The molecule has 0 aromatic rings. The molecule has 1 aliphatic heterocycles. The van der Waals surface area contributed by atoms with Crippen LogP contribution in [0.1, 0.15) is 59.8 Å². The maximum absolute atomic E-state index is 12.6. The molecule has 1 fully saturated rings. The number of carbonyl (C=O) groups is 1. The molecule has 0 spiro atoms. The van der Waals surface area contributed by atoms with Crippen LogP contribution in [-0.4, -0.2) is 59.9 Å². The van der Waals surface area contributed by atoms with Crippen LogP contribution < -0.4 is 0 Å². The van der Waals surface area contributed by atoms with Crippen molar-refractivity contribution in [2.24, 2.45) is 5.41 Å². The molecule has 1 rings (SSSR count). The van der Waals surface area contributed by atoms with E-state index in [1.165, 1.54) is 12.2 Å². The molecule has 1 amide bonds. The summed E-state index contributed by atoms with van der Waals surface area (Å²) >= 11 is 0. The minimum Gasteiger partial charge on any atom is -0.388 e. The molecule has 2 unspecified atom stereocenters. The van der Waals surface area contributed by atoms with Crippen LogP contribution in [0.2, 0.25) is 0 Å². The van der Waals surface area contributed by atoms with E-state index < -0.39 is 46.0 Å². The Morgan fingerprint density at radius 3 is 2.37 bits per heavy atom. The van der Waals surface area contributed by atoms with E-state index in [9.17, 15) is 27.8 Å². The number of carbonyl (C=O) groups excluding carboxylic acids is 1. The van der Waals surface area contributed by atoms with E-state index in [0.29, 0.717) is 23.6 Å². The number of amides is 1. The molecule has 9 heteroatoms. The van der Waals surface area contributed by atoms with Crippen molar-refractivity contribution in [1.29, 1.82) is 0 Å². The Hall–Kier alpha value is -1.03. The van der Waals surface area contributed by atoms with E-state index in [0.717, 1.165) is 12.8 Å². The van der Waals surface area contributed by atoms with Gasteiger partial charge in [-0.1, -0.05) is 52.2 Å². The molecule has 2 N–H and O–H groups in total. The van der Waals surface area contributed by atoms with Crippen molar-refractivity contribution in [2.75, 3.05) is 13.3 Å². The topological polar surface area (TPSA) is 104 Å². The van der Waals surface area contributed by atoms with Crippen molar-refractivity contribution in [1.82, 2.24) is 4.31 Å². The lowest BCUT2D eigenvalue weighted by molar-refractivity contribution is -0.139. The first-order chi connectivity index (χ1) is 12.3. The van der Waals surface area contributed by atoms with Gasteiger partial charge in [0.05, 0.1) is 24.9 Å². The van der Waals surface area contributed by atoms with E-state index >= 15 is 0 Å². The molecule has 0 aromatic carbocycles. The van der Waals surface area contributed by atoms with Crippen molar-refractivity contribution in [3.63, 3.8) is 0 Å². The van der Waals surface area contributed by atoms with Gasteiger partial charge in [-0.3, -0.25) is 13.4 Å². The fourth-order valence-electron chi connectivity index (χ4n) is 2.71. The number of halogens is 1. The molecule has 1 saturated heterocycles. The van der Waals surface area contributed by atoms with Gasteiger partial charge in [0.15, 0.2) is 0 Å². The van der Waals surface area contributed by atoms with Gasteiger partial charge in [-0.2, -0.15) is 8.42 Å². The van der Waals surface area contributed by atoms with Gasteiger partial charge in [-0.15, -0.1) is 0 Å². The highest BCUT2D eigenvalue weighted by atomic mass is 32.2. The number of hydrogen-bond acceptors (Lipinski definition) is 6. The maximum Gasteiger partial charge on any atom is 0.365 e. The minimum atomic E-state index is -4.33. The van der Waals surface area contributed by atoms with Crippen molar-refractivity contribution < 1.29 is 32.0 Å². The van der Waals surface area contributed by atoms with Crippen LogP contribution >= 0.6 is 0 Å². The summed E-state index contributed by atoms with van der Waals surface area (Å²) in [5, 5.41) is 20.7. The van der Waals surface area contributed by atoms with Crippen LogP contribution in [0.3, 0.4) is 0 Å². The number of aliphatic hydroxyl groups excluding tert-OH is 1. The van der Waals surface area contributed by atoms with Gasteiger partial charge in [0.25, 0.3) is 0 Å². The largest absolute Gasteiger partial charge is 0.388 e. The second-order valence-corrected chi connectivity index (χ2v) is 9.71. The molecule has 0 bridgehead atoms. The first-order valence-corrected chi connectivity index (χ1v) is 10.6. The van der Waals surface area contributed by atoms with Gasteiger partial charge in [0.2, 0.25) is 5.91 Å². The summed E-state index contributed by atoms with van der Waals surface area (Å²) in [6.07, 6.45) is 4.59. The third-order valence-corrected chi connectivity index (χ3v) is 5.68. The average molecular weight is 410 g/mol. The van der Waals surface area contributed by atoms with Gasteiger partial charge in [-0.25, -0.2) is 4.31 Å². The Balaban J connectivity index is 2.94. The zero-order valence-electron chi connectivity index (χ0n) is 16.5. The lowest BCUT2D eigenvalue weighted by Gasteiger charge is -2.38. The summed E-state index contributed by atoms with van der Waals surface area (Å²) in [5.74, 6) is -0.707. The second-order valence-electron chi connectivity index (χ2n) is 8.22. The van der Waals surface area contributed by atoms with Crippen molar-refractivity contribution in [3.05, 3.63) is 12.2 Å². The first-order valence-electron chi connectivity index (χ1n) is 9.21. The number of rotatable bonds is 8. The summed E-state index contributed by atoms with van der Waals surface area (Å²) in [5.41, 5.74) is -2.24. The summed E-state index contributed by atoms with van der Waals surface area (Å²) < 4.78 is 41.8. The molecule has 0 saturated carbocycles. The summed E-state index contributed by atoms with van der Waals surface area (Å²) in [6, 6.07) is -1.16. The zero-order valence-corrected chi connectivity index (χ0v) is 17.3. The Labute approximate surface area is 161 Å². The minimum absolute atomic E-state index is 0.357. The highest BCUT2D eigenvalue weighted by molar-refractivity contribution is 7.85. The van der Waals surface area contributed by atoms with Crippen LogP contribution in [0.4, 0.5) is 4.39 Å². The number of hydrogen-bond donors (Lipinski definition) is 2. The molecule has 1 heterocycles. The van der Waals surface area contributed by atoms with Gasteiger partial charge < -0.3 is 10.2 Å². The Morgan fingerprint density at radius 2 is 1.81 bits per heavy atom. The van der Waals surface area contributed by atoms with Gasteiger partial charge >= 0.3 is 10.3 Å². The van der Waals surface area contributed by atoms with Crippen LogP contribution in [0.25, 0.3) is 0 Å². The Kier molecular flexibility index (Phi) is 8.40. The van der Waals surface area contributed by atoms with Gasteiger partial charge in [0.1, 0.15) is 6.10 Å². The Morgan fingerprint density at radius 1 is 1.22 bits per heavy atom. The SMILES string of the molecule is CC(O)(C=C[C@H]1C(O)COS(=O)(=O)N1C(=O)C(C)(C)C)CCCCCCF. The lowest BCUT2D eigenvalue weighted by atomic mass is 9.93. The van der Waals surface area contributed by atoms with E-state index in [2.05, 4.69) is 4.18 Å². The number of alkyl halides is 1. The third-order valence-electron chi connectivity index (χ3n) is 4.35. The molecular formula is C18H32FNO6S. The van der Waals surface area contributed by atoms with Gasteiger partial charge in [0, 0.05) is 5.41 Å². The number of aliphatic hydroxyl groups is 2. The molecule has 0 radical (unpaired) electrons. The summed E-state index contributed by atoms with van der Waals surface area (Å²) in [7, 11) is -4.33. The highest BCUT2D eigenvalue weighted by Gasteiger charge is 2.46. The zero-order chi connectivity index (χ0) is 20.9. The smallest absolute Gasteiger partial charge is 0.365 e. The molecule has 3 atom stereocenters. The fraction of sp³-hybridized carbons (Fsp3) is 0.833. The van der Waals surface area contributed by atoms with Crippen molar-refractivity contribution in [3.8, 4) is 0 Å². The fourth-order valence-corrected chi connectivity index (χ4v) is 4.12. The third kappa shape index (κ3) is 7.14. The van der Waals surface area contributed by atoms with E-state index in [1.54, 1.807) is 27.7 Å². The lowest BCUT2D eigenvalue weighted by Crippen LogP contribution is -2.58. The van der Waals surface area contributed by atoms with Crippen LogP contribution in [0, 0.1) is 5.41 Å². The normalized spacial score (nSPS) is 25.5. The second kappa shape index (κ2) is 9.45. The molecule has 0 aliphatic carbocycles. The van der Waals surface area contributed by atoms with E-state index in [4.69, 9.17) is 0 Å². The van der Waals surface area contributed by atoms with Crippen LogP contribution in [0.5, 0.6) is 0 Å². The molecular weight excluding hydrogens is 377 g/mol. The standard InChI is InChI=1S/C18H32FNO6S/c1-17(2,3)16(22)20-14(15(21)13-26-27(20,24)25)9-11-18(4,23)10-7-5-6-8-12-19/h9,11,14-15,21,23H,5-8,10,12-13H2,1-4H3/t14-,15?,18?/m0/s1. The number of unbranched alkanes of at least 4 members (excludes halogenated alkanes) is 3. The quantitative estimate of drug-likeness (QED) is 0.470. The molecule has 7 nitrogen and oxygen atoms in total. The monoisotopic (exact) mass is 409 g/mol. The Bertz CT molecular complexity index is 626. The van der Waals surface area contributed by atoms with Crippen molar-refractivity contribution >= 4 is 16.2 Å². The van der Waals surface area contributed by atoms with E-state index in [-0.39, 0.29) is 6.67 Å². The number of nitrogens with zero attached hydrogens (tertiary/aromatic N) is 1. The summed E-state index contributed by atoms with van der Waals surface area (Å²) in [6.45, 7) is 5.45. The summed E-state index contributed by atoms with van der Waals surface area (Å²) in [4.78, 5) is 12.6. The van der Waals surface area contributed by atoms with Gasteiger partial charge in [-0.05, 0) is 19.8 Å². The average Bonchev–Trinajstić information content (AvgIpc) is 2.54. The molecule has 27 heavy (non-hydrogen) atoms. The van der Waals surface area contributed by atoms with E-state index in [1.807, 2.05) is 0 Å². The molecule has 1 aliphatic rings. The first kappa shape index (κ1) is 24.0.